The van der Waals surface area contributed by atoms with Gasteiger partial charge in [0.05, 0.1) is 0 Å². The van der Waals surface area contributed by atoms with Crippen molar-refractivity contribution in [3.8, 4) is 0 Å². The van der Waals surface area contributed by atoms with Gasteiger partial charge in [0, 0.05) is 37.8 Å². The molecule has 0 aromatic rings. The molecule has 0 aromatic carbocycles. The molecular weight excluding hydrogens is 192 g/mol. The first kappa shape index (κ1) is 12.2. The van der Waals surface area contributed by atoms with Crippen LogP contribution < -0.4 is 0 Å². The molecule has 0 aliphatic carbocycles. The first-order valence-electron chi connectivity index (χ1n) is 5.25. The molecule has 0 atom stereocenters. The Labute approximate surface area is 91.2 Å². The summed E-state index contributed by atoms with van der Waals surface area (Å²) in [7, 11) is 2.13. The quantitative estimate of drug-likeness (QED) is 0.698. The first-order valence-corrected chi connectivity index (χ1v) is 5.25. The molecule has 1 rings (SSSR count). The molecular formula is C11H20N2O2. The van der Waals surface area contributed by atoms with E-state index in [1.54, 1.807) is 6.08 Å². The van der Waals surface area contributed by atoms with Crippen molar-refractivity contribution < 1.29 is 9.90 Å². The Morgan fingerprint density at radius 2 is 2.13 bits per heavy atom. The van der Waals surface area contributed by atoms with E-state index in [4.69, 9.17) is 5.11 Å². The first-order chi connectivity index (χ1) is 6.92. The van der Waals surface area contributed by atoms with E-state index >= 15 is 0 Å². The SMILES string of the molecule is CN1CCN(CC=CC(=O)O)CC1(C)C. The Hall–Kier alpha value is -0.870. The monoisotopic (exact) mass is 212 g/mol. The molecule has 1 aliphatic heterocycles. The van der Waals surface area contributed by atoms with Crippen LogP contribution in [0, 0.1) is 0 Å². The van der Waals surface area contributed by atoms with Crippen LogP contribution in [-0.4, -0.2) is 59.6 Å². The van der Waals surface area contributed by atoms with E-state index in [0.717, 1.165) is 26.2 Å². The van der Waals surface area contributed by atoms with Gasteiger partial charge in [-0.1, -0.05) is 6.08 Å². The fourth-order valence-electron chi connectivity index (χ4n) is 1.80. The second kappa shape index (κ2) is 4.77. The van der Waals surface area contributed by atoms with E-state index in [-0.39, 0.29) is 5.54 Å². The average molecular weight is 212 g/mol. The highest BCUT2D eigenvalue weighted by atomic mass is 16.4. The highest BCUT2D eigenvalue weighted by molar-refractivity contribution is 5.79. The van der Waals surface area contributed by atoms with Gasteiger partial charge in [-0.25, -0.2) is 4.79 Å². The molecule has 1 fully saturated rings. The zero-order valence-corrected chi connectivity index (χ0v) is 9.73. The summed E-state index contributed by atoms with van der Waals surface area (Å²) in [5.74, 6) is -0.872. The van der Waals surface area contributed by atoms with Gasteiger partial charge in [0.25, 0.3) is 0 Å². The fraction of sp³-hybridized carbons (Fsp3) is 0.727. The smallest absolute Gasteiger partial charge is 0.328 e. The molecule has 4 nitrogen and oxygen atoms in total. The van der Waals surface area contributed by atoms with E-state index in [1.807, 2.05) is 0 Å². The van der Waals surface area contributed by atoms with Gasteiger partial charge >= 0.3 is 5.97 Å². The van der Waals surface area contributed by atoms with Crippen molar-refractivity contribution in [2.45, 2.75) is 19.4 Å². The van der Waals surface area contributed by atoms with E-state index in [1.165, 1.54) is 6.08 Å². The lowest BCUT2D eigenvalue weighted by Gasteiger charge is -2.45. The number of carbonyl (C=O) groups is 1. The summed E-state index contributed by atoms with van der Waals surface area (Å²) in [6, 6.07) is 0. The number of hydrogen-bond donors (Lipinski definition) is 1. The summed E-state index contributed by atoms with van der Waals surface area (Å²) in [6.07, 6.45) is 2.93. The lowest BCUT2D eigenvalue weighted by atomic mass is 10.00. The topological polar surface area (TPSA) is 43.8 Å². The fourth-order valence-corrected chi connectivity index (χ4v) is 1.80. The third-order valence-corrected chi connectivity index (χ3v) is 3.02. The predicted octanol–water partition coefficient (Wildman–Crippen LogP) is 0.653. The largest absolute Gasteiger partial charge is 0.478 e. The molecule has 1 heterocycles. The molecule has 1 aliphatic rings. The molecule has 1 N–H and O–H groups in total. The predicted molar refractivity (Wildman–Crippen MR) is 59.9 cm³/mol. The number of aliphatic carboxylic acids is 1. The number of piperazine rings is 1. The van der Waals surface area contributed by atoms with Crippen molar-refractivity contribution in [2.24, 2.45) is 0 Å². The molecule has 0 radical (unpaired) electrons. The molecule has 15 heavy (non-hydrogen) atoms. The zero-order valence-electron chi connectivity index (χ0n) is 9.73. The maximum absolute atomic E-state index is 10.3. The van der Waals surface area contributed by atoms with Gasteiger partial charge in [-0.2, -0.15) is 0 Å². The summed E-state index contributed by atoms with van der Waals surface area (Å²) in [6.45, 7) is 8.16. The lowest BCUT2D eigenvalue weighted by Crippen LogP contribution is -2.57. The number of likely N-dealkylation sites (N-methyl/N-ethyl adjacent to an activating group) is 1. The lowest BCUT2D eigenvalue weighted by molar-refractivity contribution is -0.131. The van der Waals surface area contributed by atoms with Crippen LogP contribution in [-0.2, 0) is 4.79 Å². The van der Waals surface area contributed by atoms with Gasteiger partial charge < -0.3 is 5.11 Å². The number of nitrogens with zero attached hydrogens (tertiary/aromatic N) is 2. The van der Waals surface area contributed by atoms with E-state index in [2.05, 4.69) is 30.7 Å². The second-order valence-electron chi connectivity index (χ2n) is 4.71. The third kappa shape index (κ3) is 3.64. The molecule has 86 valence electrons. The molecule has 1 saturated heterocycles. The summed E-state index contributed by atoms with van der Waals surface area (Å²) in [4.78, 5) is 14.9. The number of carboxylic acid groups (broad SMARTS) is 1. The van der Waals surface area contributed by atoms with Crippen LogP contribution in [0.3, 0.4) is 0 Å². The van der Waals surface area contributed by atoms with Crippen LogP contribution in [0.1, 0.15) is 13.8 Å². The molecule has 0 bridgehead atoms. The number of hydrogen-bond acceptors (Lipinski definition) is 3. The van der Waals surface area contributed by atoms with Crippen molar-refractivity contribution >= 4 is 5.97 Å². The summed E-state index contributed by atoms with van der Waals surface area (Å²) >= 11 is 0. The van der Waals surface area contributed by atoms with Gasteiger partial charge in [-0.3, -0.25) is 9.80 Å². The molecule has 0 saturated carbocycles. The van der Waals surface area contributed by atoms with E-state index in [9.17, 15) is 4.79 Å². The Balaban J connectivity index is 2.42. The van der Waals surface area contributed by atoms with Crippen LogP contribution in [0.4, 0.5) is 0 Å². The van der Waals surface area contributed by atoms with Crippen LogP contribution in [0.2, 0.25) is 0 Å². The maximum Gasteiger partial charge on any atom is 0.328 e. The Morgan fingerprint density at radius 1 is 1.47 bits per heavy atom. The molecule has 4 heteroatoms. The van der Waals surface area contributed by atoms with Crippen LogP contribution >= 0.6 is 0 Å². The molecule has 0 aromatic heterocycles. The summed E-state index contributed by atoms with van der Waals surface area (Å²) < 4.78 is 0. The summed E-state index contributed by atoms with van der Waals surface area (Å²) in [5.41, 5.74) is 0.176. The van der Waals surface area contributed by atoms with Gasteiger partial charge in [0.15, 0.2) is 0 Å². The molecule has 0 spiro atoms. The van der Waals surface area contributed by atoms with E-state index < -0.39 is 5.97 Å². The van der Waals surface area contributed by atoms with Gasteiger partial charge in [0.1, 0.15) is 0 Å². The van der Waals surface area contributed by atoms with Gasteiger partial charge in [-0.15, -0.1) is 0 Å². The minimum Gasteiger partial charge on any atom is -0.478 e. The normalized spacial score (nSPS) is 23.4. The van der Waals surface area contributed by atoms with Crippen LogP contribution in [0.5, 0.6) is 0 Å². The Kier molecular flexibility index (Phi) is 3.88. The zero-order chi connectivity index (χ0) is 11.5. The number of rotatable bonds is 3. The molecule has 0 unspecified atom stereocenters. The van der Waals surface area contributed by atoms with E-state index in [0.29, 0.717) is 0 Å². The maximum atomic E-state index is 10.3. The van der Waals surface area contributed by atoms with Crippen LogP contribution in [0.15, 0.2) is 12.2 Å². The highest BCUT2D eigenvalue weighted by Crippen LogP contribution is 2.18. The minimum atomic E-state index is -0.872. The van der Waals surface area contributed by atoms with Crippen molar-refractivity contribution in [3.63, 3.8) is 0 Å². The molecule has 0 amide bonds. The van der Waals surface area contributed by atoms with Crippen molar-refractivity contribution in [2.75, 3.05) is 33.2 Å². The Bertz CT molecular complexity index is 261. The third-order valence-electron chi connectivity index (χ3n) is 3.02. The van der Waals surface area contributed by atoms with Crippen molar-refractivity contribution in [1.29, 1.82) is 0 Å². The standard InChI is InChI=1S/C11H20N2O2/c1-11(2)9-13(8-7-12(11)3)6-4-5-10(14)15/h4-5H,6-9H2,1-3H3,(H,14,15). The average Bonchev–Trinajstić information content (AvgIpc) is 2.10. The van der Waals surface area contributed by atoms with Crippen molar-refractivity contribution in [3.05, 3.63) is 12.2 Å². The summed E-state index contributed by atoms with van der Waals surface area (Å²) in [5, 5.41) is 8.47. The van der Waals surface area contributed by atoms with Gasteiger partial charge in [-0.05, 0) is 20.9 Å². The minimum absolute atomic E-state index is 0.176. The number of carboxylic acids is 1. The van der Waals surface area contributed by atoms with Crippen LogP contribution in [0.25, 0.3) is 0 Å². The van der Waals surface area contributed by atoms with Gasteiger partial charge in [0.2, 0.25) is 0 Å². The Morgan fingerprint density at radius 3 is 2.67 bits per heavy atom. The van der Waals surface area contributed by atoms with Crippen molar-refractivity contribution in [1.82, 2.24) is 9.80 Å². The highest BCUT2D eigenvalue weighted by Gasteiger charge is 2.30. The second-order valence-corrected chi connectivity index (χ2v) is 4.71.